The molecule has 0 bridgehead atoms. The number of aromatic amines is 1. The Labute approximate surface area is 196 Å². The lowest BCUT2D eigenvalue weighted by atomic mass is 9.93. The van der Waals surface area contributed by atoms with E-state index in [1.807, 2.05) is 26.0 Å². The molecule has 176 valence electrons. The van der Waals surface area contributed by atoms with Crippen LogP contribution in [0.4, 0.5) is 11.8 Å². The van der Waals surface area contributed by atoms with Gasteiger partial charge in [-0.25, -0.2) is 4.98 Å². The summed E-state index contributed by atoms with van der Waals surface area (Å²) in [5, 5.41) is 20.7. The molecule has 2 unspecified atom stereocenters. The number of anilines is 2. The molecule has 10 heteroatoms. The molecule has 0 radical (unpaired) electrons. The molecule has 5 rings (SSSR count). The van der Waals surface area contributed by atoms with E-state index in [9.17, 15) is 9.66 Å². The van der Waals surface area contributed by atoms with Gasteiger partial charge in [-0.3, -0.25) is 5.10 Å². The molecule has 2 aliphatic rings. The molecule has 0 aliphatic carbocycles. The Balaban J connectivity index is 1.32. The highest BCUT2D eigenvalue weighted by molar-refractivity contribution is 7.91. The van der Waals surface area contributed by atoms with Gasteiger partial charge in [0.25, 0.3) is 0 Å². The van der Waals surface area contributed by atoms with Crippen molar-refractivity contribution in [1.29, 1.82) is 0 Å². The Morgan fingerprint density at radius 2 is 2.15 bits per heavy atom. The highest BCUT2D eigenvalue weighted by Gasteiger charge is 2.34. The van der Waals surface area contributed by atoms with E-state index in [1.54, 1.807) is 6.26 Å². The molecule has 0 aromatic carbocycles. The molecule has 2 aliphatic heterocycles. The number of H-pyrrole nitrogens is 1. The summed E-state index contributed by atoms with van der Waals surface area (Å²) in [6.07, 6.45) is 4.26. The standard InChI is InChI=1S/C23H30N6O3S/c1-14(2)19(13-30)24-22-21-16(7-11-33(21)31)25-23(26-22)29-8-5-15(6-9-29)17-12-18(28-27-17)20-4-3-10-32-20/h3-4,10,12,14-15,19,30H,5-9,11,13H2,1-2H3,(H,27,28)(H,24,25,26). The summed E-state index contributed by atoms with van der Waals surface area (Å²) < 4.78 is 18.0. The van der Waals surface area contributed by atoms with Crippen molar-refractivity contribution in [2.24, 2.45) is 5.92 Å². The maximum absolute atomic E-state index is 12.6. The van der Waals surface area contributed by atoms with Gasteiger partial charge < -0.3 is 24.3 Å². The molecule has 0 spiro atoms. The second-order valence-corrected chi connectivity index (χ2v) is 10.6. The predicted octanol–water partition coefficient (Wildman–Crippen LogP) is 2.94. The zero-order valence-corrected chi connectivity index (χ0v) is 19.8. The van der Waals surface area contributed by atoms with E-state index >= 15 is 0 Å². The lowest BCUT2D eigenvalue weighted by Crippen LogP contribution is -2.35. The number of nitrogens with zero attached hydrogens (tertiary/aromatic N) is 4. The lowest BCUT2D eigenvalue weighted by molar-refractivity contribution is 0.248. The number of furan rings is 1. The lowest BCUT2D eigenvalue weighted by Gasteiger charge is -2.32. The monoisotopic (exact) mass is 470 g/mol. The molecule has 0 amide bonds. The second-order valence-electron chi connectivity index (χ2n) is 9.07. The molecular weight excluding hydrogens is 440 g/mol. The Hall–Kier alpha value is -2.56. The van der Waals surface area contributed by atoms with Gasteiger partial charge in [-0.1, -0.05) is 13.8 Å². The fourth-order valence-electron chi connectivity index (χ4n) is 4.51. The van der Waals surface area contributed by atoms with Crippen LogP contribution >= 0.6 is 0 Å². The number of hydrogen-bond donors (Lipinski definition) is 3. The summed E-state index contributed by atoms with van der Waals surface area (Å²) in [5.41, 5.74) is 2.81. The first-order valence-corrected chi connectivity index (χ1v) is 12.9. The fraction of sp³-hybridized carbons (Fsp3) is 0.522. The minimum absolute atomic E-state index is 0.00597. The summed E-state index contributed by atoms with van der Waals surface area (Å²) in [6.45, 7) is 5.74. The number of aliphatic hydroxyl groups is 1. The summed E-state index contributed by atoms with van der Waals surface area (Å²) >= 11 is -1.10. The highest BCUT2D eigenvalue weighted by atomic mass is 32.2. The third-order valence-electron chi connectivity index (χ3n) is 6.59. The number of aryl methyl sites for hydroxylation is 1. The van der Waals surface area contributed by atoms with Gasteiger partial charge in [0.15, 0.2) is 11.6 Å². The highest BCUT2D eigenvalue weighted by Crippen LogP contribution is 2.35. The van der Waals surface area contributed by atoms with Crippen molar-refractivity contribution < 1.29 is 14.1 Å². The van der Waals surface area contributed by atoms with Crippen LogP contribution in [0.3, 0.4) is 0 Å². The van der Waals surface area contributed by atoms with E-state index < -0.39 is 11.2 Å². The number of piperidine rings is 1. The minimum Gasteiger partial charge on any atom is -0.611 e. The SMILES string of the molecule is CC(C)C(CO)Nc1nc(N2CCC(c3cc(-c4ccco4)n[nH]3)CC2)nc2c1[S+]([O-])CC2. The fourth-order valence-corrected chi connectivity index (χ4v) is 5.82. The first kappa shape index (κ1) is 22.2. The van der Waals surface area contributed by atoms with Crippen LogP contribution in [0, 0.1) is 5.92 Å². The molecule has 3 N–H and O–H groups in total. The molecule has 1 fully saturated rings. The van der Waals surface area contributed by atoms with Crippen molar-refractivity contribution >= 4 is 22.9 Å². The second kappa shape index (κ2) is 9.36. The topological polar surface area (TPSA) is 126 Å². The van der Waals surface area contributed by atoms with Gasteiger partial charge in [0.1, 0.15) is 17.1 Å². The van der Waals surface area contributed by atoms with Crippen molar-refractivity contribution in [3.63, 3.8) is 0 Å². The van der Waals surface area contributed by atoms with Crippen molar-refractivity contribution in [2.45, 2.75) is 50.0 Å². The Bertz CT molecular complexity index is 1080. The van der Waals surface area contributed by atoms with Crippen molar-refractivity contribution in [3.8, 4) is 11.5 Å². The van der Waals surface area contributed by atoms with Crippen molar-refractivity contribution in [2.75, 3.05) is 35.7 Å². The van der Waals surface area contributed by atoms with Gasteiger partial charge in [0, 0.05) is 31.1 Å². The van der Waals surface area contributed by atoms with Gasteiger partial charge in [0.2, 0.25) is 10.8 Å². The van der Waals surface area contributed by atoms with Crippen LogP contribution in [0.2, 0.25) is 0 Å². The van der Waals surface area contributed by atoms with Crippen molar-refractivity contribution in [1.82, 2.24) is 20.2 Å². The number of nitrogens with one attached hydrogen (secondary N) is 2. The average Bonchev–Trinajstić information content (AvgIpc) is 3.58. The van der Waals surface area contributed by atoms with Crippen LogP contribution in [0.1, 0.15) is 44.0 Å². The molecule has 9 nitrogen and oxygen atoms in total. The van der Waals surface area contributed by atoms with Crippen LogP contribution in [-0.4, -0.2) is 61.3 Å². The van der Waals surface area contributed by atoms with Crippen LogP contribution in [0.25, 0.3) is 11.5 Å². The van der Waals surface area contributed by atoms with Gasteiger partial charge in [-0.15, -0.1) is 0 Å². The normalized spacial score (nSPS) is 19.8. The molecule has 1 saturated heterocycles. The van der Waals surface area contributed by atoms with Crippen LogP contribution < -0.4 is 10.2 Å². The van der Waals surface area contributed by atoms with E-state index in [0.29, 0.717) is 34.8 Å². The molecule has 0 saturated carbocycles. The largest absolute Gasteiger partial charge is 0.611 e. The zero-order chi connectivity index (χ0) is 22.9. The van der Waals surface area contributed by atoms with Gasteiger partial charge >= 0.3 is 0 Å². The van der Waals surface area contributed by atoms with E-state index in [1.165, 1.54) is 0 Å². The molecular formula is C23H30N6O3S. The van der Waals surface area contributed by atoms with Crippen LogP contribution in [-0.2, 0) is 17.6 Å². The zero-order valence-electron chi connectivity index (χ0n) is 19.0. The number of aromatic nitrogens is 4. The average molecular weight is 471 g/mol. The summed E-state index contributed by atoms with van der Waals surface area (Å²) in [5.74, 6) is 3.23. The Morgan fingerprint density at radius 1 is 1.33 bits per heavy atom. The number of fused-ring (bicyclic) bond motifs is 1. The molecule has 2 atom stereocenters. The maximum atomic E-state index is 12.6. The van der Waals surface area contributed by atoms with Crippen LogP contribution in [0.15, 0.2) is 33.8 Å². The van der Waals surface area contributed by atoms with E-state index in [0.717, 1.165) is 48.8 Å². The molecule has 5 heterocycles. The van der Waals surface area contributed by atoms with E-state index in [2.05, 4.69) is 26.5 Å². The minimum atomic E-state index is -1.10. The first-order chi connectivity index (χ1) is 16.0. The molecule has 33 heavy (non-hydrogen) atoms. The third kappa shape index (κ3) is 4.47. The number of rotatable bonds is 7. The summed E-state index contributed by atoms with van der Waals surface area (Å²) in [6, 6.07) is 5.70. The number of aliphatic hydroxyl groups excluding tert-OH is 1. The van der Waals surface area contributed by atoms with E-state index in [4.69, 9.17) is 14.4 Å². The summed E-state index contributed by atoms with van der Waals surface area (Å²) in [7, 11) is 0. The van der Waals surface area contributed by atoms with Gasteiger partial charge in [-0.2, -0.15) is 10.1 Å². The van der Waals surface area contributed by atoms with E-state index in [-0.39, 0.29) is 18.6 Å². The van der Waals surface area contributed by atoms with Gasteiger partial charge in [0.05, 0.1) is 18.9 Å². The Morgan fingerprint density at radius 3 is 2.85 bits per heavy atom. The number of hydrogen-bond acceptors (Lipinski definition) is 8. The maximum Gasteiger partial charge on any atom is 0.227 e. The molecule has 3 aromatic heterocycles. The molecule has 3 aromatic rings. The smallest absolute Gasteiger partial charge is 0.227 e. The van der Waals surface area contributed by atoms with Crippen molar-refractivity contribution in [3.05, 3.63) is 35.9 Å². The summed E-state index contributed by atoms with van der Waals surface area (Å²) in [4.78, 5) is 12.5. The van der Waals surface area contributed by atoms with Gasteiger partial charge in [-0.05, 0) is 48.1 Å². The van der Waals surface area contributed by atoms with Crippen LogP contribution in [0.5, 0.6) is 0 Å². The quantitative estimate of drug-likeness (QED) is 0.450. The Kier molecular flexibility index (Phi) is 6.31. The first-order valence-electron chi connectivity index (χ1n) is 11.5. The predicted molar refractivity (Wildman–Crippen MR) is 127 cm³/mol. The third-order valence-corrected chi connectivity index (χ3v) is 8.05.